The summed E-state index contributed by atoms with van der Waals surface area (Å²) in [4.78, 5) is 20.6. The largest absolute Gasteiger partial charge is 0.345 e. The van der Waals surface area contributed by atoms with Crippen molar-refractivity contribution in [1.29, 1.82) is 0 Å². The van der Waals surface area contributed by atoms with Crippen LogP contribution in [-0.4, -0.2) is 34.7 Å². The third-order valence-electron chi connectivity index (χ3n) is 3.22. The number of hydrogen-bond acceptors (Lipinski definition) is 3. The summed E-state index contributed by atoms with van der Waals surface area (Å²) in [5, 5.41) is 0. The van der Waals surface area contributed by atoms with E-state index in [-0.39, 0.29) is 11.8 Å². The summed E-state index contributed by atoms with van der Waals surface area (Å²) in [5.74, 6) is 0.240. The van der Waals surface area contributed by atoms with Crippen molar-refractivity contribution in [2.24, 2.45) is 0 Å². The third-order valence-corrected chi connectivity index (χ3v) is 3.22. The Hall–Kier alpha value is -1.68. The molecule has 4 nitrogen and oxygen atoms in total. The minimum absolute atomic E-state index is 0.240. The highest BCUT2D eigenvalue weighted by Gasteiger charge is 2.15. The van der Waals surface area contributed by atoms with E-state index in [1.165, 1.54) is 5.56 Å². The zero-order valence-corrected chi connectivity index (χ0v) is 11.1. The second-order valence-corrected chi connectivity index (χ2v) is 4.90. The van der Waals surface area contributed by atoms with Gasteiger partial charge >= 0.3 is 0 Å². The smallest absolute Gasteiger partial charge is 0.129 e. The minimum atomic E-state index is 0.240. The molecule has 0 aliphatic rings. The number of aromatic amines is 1. The molecule has 0 amide bonds. The summed E-state index contributed by atoms with van der Waals surface area (Å²) in [6, 6.07) is 6.49. The van der Waals surface area contributed by atoms with Gasteiger partial charge in [-0.1, -0.05) is 6.07 Å². The molecule has 1 N–H and O–H groups in total. The molecule has 0 radical (unpaired) electrons. The van der Waals surface area contributed by atoms with Crippen molar-refractivity contribution in [2.75, 3.05) is 14.1 Å². The van der Waals surface area contributed by atoms with Crippen LogP contribution in [0.2, 0.25) is 0 Å². The van der Waals surface area contributed by atoms with Gasteiger partial charge in [0, 0.05) is 12.5 Å². The molecule has 1 atom stereocenters. The molecule has 2 aromatic rings. The topological polar surface area (TPSA) is 49.0 Å². The predicted molar refractivity (Wildman–Crippen MR) is 72.4 cm³/mol. The van der Waals surface area contributed by atoms with E-state index in [2.05, 4.69) is 27.0 Å². The number of Topliss-reactive ketones (excluding diaryl/α,β-unsaturated/α-hetero) is 1. The Kier molecular flexibility index (Phi) is 3.77. The van der Waals surface area contributed by atoms with Gasteiger partial charge in [0.25, 0.3) is 0 Å². The van der Waals surface area contributed by atoms with Crippen molar-refractivity contribution in [3.63, 3.8) is 0 Å². The number of imidazole rings is 1. The first kappa shape index (κ1) is 12.8. The molecule has 1 heterocycles. The Morgan fingerprint density at radius 2 is 2.22 bits per heavy atom. The number of carbonyl (C=O) groups excluding carboxylic acids is 1. The van der Waals surface area contributed by atoms with Crippen LogP contribution in [0, 0.1) is 0 Å². The number of fused-ring (bicyclic) bond motifs is 1. The SMILES string of the molecule is CC(=O)CCC(c1ccc2nc[nH]c2c1)N(C)C. The molecule has 1 aromatic carbocycles. The molecule has 0 bridgehead atoms. The van der Waals surface area contributed by atoms with E-state index < -0.39 is 0 Å². The van der Waals surface area contributed by atoms with Crippen LogP contribution in [0.1, 0.15) is 31.4 Å². The average molecular weight is 245 g/mol. The Morgan fingerprint density at radius 1 is 1.44 bits per heavy atom. The molecule has 0 aliphatic heterocycles. The number of nitrogens with zero attached hydrogens (tertiary/aromatic N) is 2. The highest BCUT2D eigenvalue weighted by atomic mass is 16.1. The molecule has 4 heteroatoms. The van der Waals surface area contributed by atoms with Crippen molar-refractivity contribution in [1.82, 2.24) is 14.9 Å². The lowest BCUT2D eigenvalue weighted by molar-refractivity contribution is -0.117. The van der Waals surface area contributed by atoms with Gasteiger partial charge in [0.05, 0.1) is 17.4 Å². The molecular weight excluding hydrogens is 226 g/mol. The molecule has 1 unspecified atom stereocenters. The van der Waals surface area contributed by atoms with Gasteiger partial charge in [0.1, 0.15) is 5.78 Å². The molecule has 96 valence electrons. The number of carbonyl (C=O) groups is 1. The van der Waals surface area contributed by atoms with Crippen LogP contribution in [0.5, 0.6) is 0 Å². The maximum Gasteiger partial charge on any atom is 0.129 e. The van der Waals surface area contributed by atoms with E-state index in [1.807, 2.05) is 20.2 Å². The van der Waals surface area contributed by atoms with E-state index in [0.29, 0.717) is 6.42 Å². The third kappa shape index (κ3) is 2.76. The summed E-state index contributed by atoms with van der Waals surface area (Å²) in [5.41, 5.74) is 3.24. The van der Waals surface area contributed by atoms with Gasteiger partial charge in [-0.25, -0.2) is 4.98 Å². The van der Waals surface area contributed by atoms with Gasteiger partial charge in [0.2, 0.25) is 0 Å². The normalized spacial score (nSPS) is 13.1. The van der Waals surface area contributed by atoms with Crippen LogP contribution in [0.3, 0.4) is 0 Å². The number of benzene rings is 1. The van der Waals surface area contributed by atoms with Crippen LogP contribution in [0.4, 0.5) is 0 Å². The second kappa shape index (κ2) is 5.31. The van der Waals surface area contributed by atoms with Gasteiger partial charge in [-0.15, -0.1) is 0 Å². The molecule has 18 heavy (non-hydrogen) atoms. The number of rotatable bonds is 5. The maximum atomic E-state index is 11.1. The van der Waals surface area contributed by atoms with Crippen molar-refractivity contribution in [2.45, 2.75) is 25.8 Å². The number of ketones is 1. The molecule has 0 fully saturated rings. The maximum absolute atomic E-state index is 11.1. The molecule has 2 rings (SSSR count). The summed E-state index contributed by atoms with van der Waals surface area (Å²) < 4.78 is 0. The monoisotopic (exact) mass is 245 g/mol. The number of nitrogens with one attached hydrogen (secondary N) is 1. The zero-order chi connectivity index (χ0) is 13.1. The van der Waals surface area contributed by atoms with Gasteiger partial charge in [-0.3, -0.25) is 0 Å². The lowest BCUT2D eigenvalue weighted by atomic mass is 9.99. The fourth-order valence-electron chi connectivity index (χ4n) is 2.22. The molecule has 0 spiro atoms. The highest BCUT2D eigenvalue weighted by Crippen LogP contribution is 2.25. The first-order chi connectivity index (χ1) is 8.58. The minimum Gasteiger partial charge on any atom is -0.345 e. The number of H-pyrrole nitrogens is 1. The molecule has 0 aliphatic carbocycles. The predicted octanol–water partition coefficient (Wildman–Crippen LogP) is 2.53. The first-order valence-electron chi connectivity index (χ1n) is 6.17. The Morgan fingerprint density at radius 3 is 2.89 bits per heavy atom. The highest BCUT2D eigenvalue weighted by molar-refractivity contribution is 5.76. The summed E-state index contributed by atoms with van der Waals surface area (Å²) in [7, 11) is 4.09. The van der Waals surface area contributed by atoms with Gasteiger partial charge in [0.15, 0.2) is 0 Å². The van der Waals surface area contributed by atoms with Crippen LogP contribution in [0.15, 0.2) is 24.5 Å². The first-order valence-corrected chi connectivity index (χ1v) is 6.17. The van der Waals surface area contributed by atoms with Crippen molar-refractivity contribution in [3.8, 4) is 0 Å². The Labute approximate surface area is 107 Å². The summed E-state index contributed by atoms with van der Waals surface area (Å²) >= 11 is 0. The van der Waals surface area contributed by atoms with Gasteiger partial charge in [-0.05, 0) is 45.1 Å². The Balaban J connectivity index is 2.25. The van der Waals surface area contributed by atoms with Crippen molar-refractivity contribution in [3.05, 3.63) is 30.1 Å². The molecular formula is C14H19N3O. The molecule has 0 saturated carbocycles. The fourth-order valence-corrected chi connectivity index (χ4v) is 2.22. The van der Waals surface area contributed by atoms with E-state index in [9.17, 15) is 4.79 Å². The quantitative estimate of drug-likeness (QED) is 0.880. The van der Waals surface area contributed by atoms with Crippen LogP contribution in [0.25, 0.3) is 11.0 Å². The summed E-state index contributed by atoms with van der Waals surface area (Å²) in [6.45, 7) is 1.64. The van der Waals surface area contributed by atoms with Gasteiger partial charge in [-0.2, -0.15) is 0 Å². The van der Waals surface area contributed by atoms with Crippen molar-refractivity contribution < 1.29 is 4.79 Å². The second-order valence-electron chi connectivity index (χ2n) is 4.90. The van der Waals surface area contributed by atoms with E-state index in [4.69, 9.17) is 0 Å². The molecule has 1 aromatic heterocycles. The van der Waals surface area contributed by atoms with Crippen molar-refractivity contribution >= 4 is 16.8 Å². The Bertz CT molecular complexity index is 545. The number of aromatic nitrogens is 2. The zero-order valence-electron chi connectivity index (χ0n) is 11.1. The number of hydrogen-bond donors (Lipinski definition) is 1. The fraction of sp³-hybridized carbons (Fsp3) is 0.429. The van der Waals surface area contributed by atoms with Crippen LogP contribution in [-0.2, 0) is 4.79 Å². The van der Waals surface area contributed by atoms with Crippen LogP contribution >= 0.6 is 0 Å². The standard InChI is InChI=1S/C14H19N3O/c1-10(18)4-7-14(17(2)3)11-5-6-12-13(8-11)16-9-15-12/h5-6,8-9,14H,4,7H2,1-3H3,(H,15,16). The van der Waals surface area contributed by atoms with Gasteiger partial charge < -0.3 is 14.7 Å². The summed E-state index contributed by atoms with van der Waals surface area (Å²) in [6.07, 6.45) is 3.17. The van der Waals surface area contributed by atoms with E-state index in [0.717, 1.165) is 17.5 Å². The van der Waals surface area contributed by atoms with Crippen LogP contribution < -0.4 is 0 Å². The lowest BCUT2D eigenvalue weighted by Gasteiger charge is -2.24. The van der Waals surface area contributed by atoms with E-state index >= 15 is 0 Å². The average Bonchev–Trinajstić information content (AvgIpc) is 2.75. The van der Waals surface area contributed by atoms with E-state index in [1.54, 1.807) is 13.3 Å². The lowest BCUT2D eigenvalue weighted by Crippen LogP contribution is -2.20. The molecule has 0 saturated heterocycles.